The van der Waals surface area contributed by atoms with E-state index in [1.807, 2.05) is 57.1 Å². The summed E-state index contributed by atoms with van der Waals surface area (Å²) in [6.07, 6.45) is 0. The molecule has 0 saturated heterocycles. The van der Waals surface area contributed by atoms with Gasteiger partial charge in [0.2, 0.25) is 5.96 Å². The van der Waals surface area contributed by atoms with Crippen molar-refractivity contribution in [3.63, 3.8) is 0 Å². The van der Waals surface area contributed by atoms with Gasteiger partial charge < -0.3 is 4.90 Å². The van der Waals surface area contributed by atoms with Gasteiger partial charge in [-0.3, -0.25) is 9.48 Å². The average Bonchev–Trinajstić information content (AvgIpc) is 3.18. The van der Waals surface area contributed by atoms with E-state index in [0.717, 1.165) is 34.8 Å². The Kier molecular flexibility index (Phi) is 3.64. The van der Waals surface area contributed by atoms with Crippen molar-refractivity contribution >= 4 is 23.0 Å². The van der Waals surface area contributed by atoms with Gasteiger partial charge in [0, 0.05) is 43.0 Å². The number of ketones is 1. The predicted molar refractivity (Wildman–Crippen MR) is 103 cm³/mol. The van der Waals surface area contributed by atoms with Crippen molar-refractivity contribution in [2.45, 2.75) is 20.8 Å². The molecule has 0 amide bonds. The zero-order valence-corrected chi connectivity index (χ0v) is 15.7. The number of hydrogen-bond acceptors (Lipinski definition) is 5. The van der Waals surface area contributed by atoms with E-state index in [1.54, 1.807) is 4.68 Å². The first kappa shape index (κ1) is 16.4. The van der Waals surface area contributed by atoms with E-state index in [0.29, 0.717) is 22.8 Å². The molecule has 0 saturated carbocycles. The van der Waals surface area contributed by atoms with Gasteiger partial charge in [-0.2, -0.15) is 5.10 Å². The van der Waals surface area contributed by atoms with Crippen molar-refractivity contribution in [2.24, 2.45) is 17.0 Å². The minimum Gasteiger partial charge on any atom is -0.344 e. The normalized spacial score (nSPS) is 15.7. The second kappa shape index (κ2) is 5.76. The Bertz CT molecular complexity index is 1040. The number of aryl methyl sites for hydroxylation is 2. The lowest BCUT2D eigenvalue weighted by molar-refractivity contribution is 0.105. The van der Waals surface area contributed by atoms with Crippen molar-refractivity contribution in [2.75, 3.05) is 13.6 Å². The van der Waals surface area contributed by atoms with Crippen LogP contribution < -0.4 is 0 Å². The molecule has 2 aromatic rings. The van der Waals surface area contributed by atoms with Gasteiger partial charge in [-0.05, 0) is 20.8 Å². The van der Waals surface area contributed by atoms with Crippen LogP contribution in [0.2, 0.25) is 0 Å². The molecule has 1 aliphatic carbocycles. The molecule has 6 nitrogen and oxygen atoms in total. The number of allylic oxidation sites excluding steroid dienone is 2. The van der Waals surface area contributed by atoms with Crippen molar-refractivity contribution in [1.29, 1.82) is 0 Å². The molecule has 1 aliphatic heterocycles. The maximum Gasteiger partial charge on any atom is 0.226 e. The Hall–Kier alpha value is -3.02. The summed E-state index contributed by atoms with van der Waals surface area (Å²) in [5, 5.41) is 4.49. The fraction of sp³-hybridized carbons (Fsp3) is 0.300. The lowest BCUT2D eigenvalue weighted by atomic mass is 9.83. The Morgan fingerprint density at radius 3 is 2.42 bits per heavy atom. The second-order valence-corrected chi connectivity index (χ2v) is 6.65. The first-order chi connectivity index (χ1) is 12.4. The predicted octanol–water partition coefficient (Wildman–Crippen LogP) is 2.75. The largest absolute Gasteiger partial charge is 0.344 e. The van der Waals surface area contributed by atoms with E-state index in [9.17, 15) is 4.79 Å². The number of aromatic nitrogens is 2. The van der Waals surface area contributed by atoms with Gasteiger partial charge in [0.05, 0.1) is 11.3 Å². The minimum absolute atomic E-state index is 0.0158. The highest BCUT2D eigenvalue weighted by atomic mass is 16.1. The van der Waals surface area contributed by atoms with E-state index < -0.39 is 0 Å². The zero-order valence-electron chi connectivity index (χ0n) is 15.7. The zero-order chi connectivity index (χ0) is 18.6. The number of carbonyl (C=O) groups is 1. The lowest BCUT2D eigenvalue weighted by Gasteiger charge is -2.19. The van der Waals surface area contributed by atoms with E-state index in [2.05, 4.69) is 12.0 Å². The Labute approximate surface area is 152 Å². The SMILES string of the molecule is CCN(C)C1=NC2=C(c3c(C)nn(C)c3C)C(=O)c3ccccc3C2=N1. The van der Waals surface area contributed by atoms with Gasteiger partial charge in [-0.15, -0.1) is 0 Å². The van der Waals surface area contributed by atoms with Crippen LogP contribution in [0, 0.1) is 13.8 Å². The third kappa shape index (κ3) is 2.18. The topological polar surface area (TPSA) is 62.9 Å². The maximum atomic E-state index is 13.4. The van der Waals surface area contributed by atoms with Crippen molar-refractivity contribution in [3.8, 4) is 0 Å². The Morgan fingerprint density at radius 1 is 1.12 bits per heavy atom. The molecule has 0 bridgehead atoms. The lowest BCUT2D eigenvalue weighted by Crippen LogP contribution is -2.23. The fourth-order valence-electron chi connectivity index (χ4n) is 3.50. The molecule has 6 heteroatoms. The number of Topliss-reactive ketones (excluding diaryl/α,β-unsaturated/α-hetero) is 1. The quantitative estimate of drug-likeness (QED) is 0.839. The number of aliphatic imine (C=N–C) groups is 2. The van der Waals surface area contributed by atoms with Crippen LogP contribution in [0.5, 0.6) is 0 Å². The van der Waals surface area contributed by atoms with Crippen LogP contribution in [0.1, 0.15) is 39.8 Å². The number of fused-ring (bicyclic) bond motifs is 3. The van der Waals surface area contributed by atoms with Gasteiger partial charge in [-0.1, -0.05) is 24.3 Å². The highest BCUT2D eigenvalue weighted by molar-refractivity contribution is 6.43. The summed E-state index contributed by atoms with van der Waals surface area (Å²) in [6, 6.07) is 7.62. The molecule has 26 heavy (non-hydrogen) atoms. The summed E-state index contributed by atoms with van der Waals surface area (Å²) in [4.78, 5) is 24.9. The number of nitrogens with zero attached hydrogens (tertiary/aromatic N) is 5. The molecule has 0 spiro atoms. The monoisotopic (exact) mass is 347 g/mol. The summed E-state index contributed by atoms with van der Waals surface area (Å²) >= 11 is 0. The Morgan fingerprint density at radius 2 is 1.81 bits per heavy atom. The van der Waals surface area contributed by atoms with Crippen LogP contribution >= 0.6 is 0 Å². The third-order valence-corrected chi connectivity index (χ3v) is 5.11. The average molecular weight is 347 g/mol. The van der Waals surface area contributed by atoms with E-state index in [4.69, 9.17) is 9.98 Å². The molecule has 0 atom stereocenters. The minimum atomic E-state index is -0.0158. The van der Waals surface area contributed by atoms with Crippen molar-refractivity contribution < 1.29 is 4.79 Å². The van der Waals surface area contributed by atoms with Crippen molar-refractivity contribution in [3.05, 3.63) is 58.0 Å². The first-order valence-electron chi connectivity index (χ1n) is 8.71. The molecule has 4 rings (SSSR count). The second-order valence-electron chi connectivity index (χ2n) is 6.65. The molecule has 1 aromatic carbocycles. The van der Waals surface area contributed by atoms with Gasteiger partial charge in [0.1, 0.15) is 11.4 Å². The fourth-order valence-corrected chi connectivity index (χ4v) is 3.50. The van der Waals surface area contributed by atoms with Gasteiger partial charge in [0.25, 0.3) is 0 Å². The standard InChI is InChI=1S/C20H21N5O/c1-6-24(4)20-21-17-13-9-7-8-10-14(13)19(26)16(18(17)22-20)15-11(2)23-25(5)12(15)3/h7-10H,6H2,1-5H3. The maximum absolute atomic E-state index is 13.4. The van der Waals surface area contributed by atoms with Gasteiger partial charge in [0.15, 0.2) is 5.78 Å². The summed E-state index contributed by atoms with van der Waals surface area (Å²) in [5.74, 6) is 0.622. The number of hydrogen-bond donors (Lipinski definition) is 0. The van der Waals surface area contributed by atoms with E-state index >= 15 is 0 Å². The molecular weight excluding hydrogens is 326 g/mol. The van der Waals surface area contributed by atoms with E-state index in [-0.39, 0.29) is 5.78 Å². The van der Waals surface area contributed by atoms with Gasteiger partial charge >= 0.3 is 0 Å². The molecule has 132 valence electrons. The first-order valence-corrected chi connectivity index (χ1v) is 8.71. The van der Waals surface area contributed by atoms with Crippen LogP contribution in [0.25, 0.3) is 5.57 Å². The number of guanidine groups is 1. The summed E-state index contributed by atoms with van der Waals surface area (Å²) in [5.41, 5.74) is 6.18. The molecule has 2 heterocycles. The van der Waals surface area contributed by atoms with Gasteiger partial charge in [-0.25, -0.2) is 9.98 Å². The molecule has 0 unspecified atom stereocenters. The highest BCUT2D eigenvalue weighted by Gasteiger charge is 2.37. The molecular formula is C20H21N5O. The highest BCUT2D eigenvalue weighted by Crippen LogP contribution is 2.38. The third-order valence-electron chi connectivity index (χ3n) is 5.11. The van der Waals surface area contributed by atoms with Crippen LogP contribution in [0.3, 0.4) is 0 Å². The smallest absolute Gasteiger partial charge is 0.226 e. The molecule has 0 N–H and O–H groups in total. The van der Waals surface area contributed by atoms with Crippen LogP contribution in [-0.2, 0) is 7.05 Å². The molecule has 0 fully saturated rings. The number of carbonyl (C=O) groups excluding carboxylic acids is 1. The molecule has 0 radical (unpaired) electrons. The summed E-state index contributed by atoms with van der Waals surface area (Å²) in [7, 11) is 3.84. The van der Waals surface area contributed by atoms with E-state index in [1.165, 1.54) is 0 Å². The Balaban J connectivity index is 2.05. The number of rotatable bonds is 2. The number of benzene rings is 1. The molecule has 2 aliphatic rings. The summed E-state index contributed by atoms with van der Waals surface area (Å²) < 4.78 is 1.81. The van der Waals surface area contributed by atoms with Crippen LogP contribution in [0.15, 0.2) is 39.9 Å². The van der Waals surface area contributed by atoms with Crippen LogP contribution in [-0.4, -0.2) is 45.7 Å². The van der Waals surface area contributed by atoms with Crippen LogP contribution in [0.4, 0.5) is 0 Å². The molecule has 1 aromatic heterocycles. The van der Waals surface area contributed by atoms with Crippen molar-refractivity contribution in [1.82, 2.24) is 14.7 Å². The summed E-state index contributed by atoms with van der Waals surface area (Å²) in [6.45, 7) is 6.75.